The molecule has 0 spiro atoms. The van der Waals surface area contributed by atoms with Gasteiger partial charge in [0.2, 0.25) is 0 Å². The van der Waals surface area contributed by atoms with E-state index in [9.17, 15) is 40.6 Å². The number of ether oxygens (including phenoxy) is 1. The number of carbonyl (C=O) groups is 1. The molecule has 0 fully saturated rings. The van der Waals surface area contributed by atoms with E-state index in [2.05, 4.69) is 0 Å². The van der Waals surface area contributed by atoms with Crippen LogP contribution in [0.2, 0.25) is 0 Å². The average Bonchev–Trinajstić information content (AvgIpc) is 1.79. The van der Waals surface area contributed by atoms with Crippen molar-refractivity contribution >= 4 is 5.97 Å². The van der Waals surface area contributed by atoms with Crippen LogP contribution in [0.4, 0.5) is 30.7 Å². The first-order valence-electron chi connectivity index (χ1n) is 2.64. The van der Waals surface area contributed by atoms with Crippen molar-refractivity contribution in [2.24, 2.45) is 0 Å². The van der Waals surface area contributed by atoms with Gasteiger partial charge in [-0.05, 0) is 0 Å². The maximum atomic E-state index is 12.2. The predicted molar refractivity (Wildman–Crippen MR) is 22.0 cm³/mol. The van der Waals surface area contributed by atoms with Crippen molar-refractivity contribution in [2.45, 2.75) is 18.4 Å². The monoisotopic (exact) mass is 268 g/mol. The molecule has 1 unspecified atom stereocenters. The Morgan fingerprint density at radius 1 is 1.00 bits per heavy atom. The number of carboxylic acid groups (broad SMARTS) is 1. The minimum absolute atomic E-state index is 0. The number of carbonyl (C=O) groups excluding carboxylic acids is 1. The zero-order valence-electron chi connectivity index (χ0n) is 6.87. The van der Waals surface area contributed by atoms with Crippen LogP contribution in [-0.4, -0.2) is 24.4 Å². The Morgan fingerprint density at radius 3 is 1.40 bits per heavy atom. The fraction of sp³-hybridized carbons (Fsp3) is 0.750. The predicted octanol–water partition coefficient (Wildman–Crippen LogP) is -2.50. The summed E-state index contributed by atoms with van der Waals surface area (Å²) >= 11 is 0. The molecule has 0 rings (SSSR count). The molecule has 1 atom stereocenters. The fourth-order valence-electron chi connectivity index (χ4n) is 0.375. The van der Waals surface area contributed by atoms with Gasteiger partial charge in [-0.3, -0.25) is 0 Å². The van der Waals surface area contributed by atoms with Gasteiger partial charge >= 0.3 is 69.8 Å². The van der Waals surface area contributed by atoms with E-state index < -0.39 is 24.4 Å². The molecule has 0 aromatic rings. The summed E-state index contributed by atoms with van der Waals surface area (Å²) in [4.78, 5) is 9.51. The van der Waals surface area contributed by atoms with Crippen molar-refractivity contribution in [3.8, 4) is 0 Å². The van der Waals surface area contributed by atoms with E-state index in [1.807, 2.05) is 0 Å². The van der Waals surface area contributed by atoms with E-state index in [1.165, 1.54) is 0 Å². The normalized spacial score (nSPS) is 16.5. The summed E-state index contributed by atoms with van der Waals surface area (Å²) in [6.07, 6.45) is -12.5. The standard InChI is InChI=1S/C4HF7O3.K/c5-2(1(12)13,3(6,7)8)14-4(9,10)11;/h(H,12,13);/q;+1/p-1. The van der Waals surface area contributed by atoms with Gasteiger partial charge < -0.3 is 9.90 Å². The van der Waals surface area contributed by atoms with Gasteiger partial charge in [0.15, 0.2) is 0 Å². The number of alkyl halides is 7. The summed E-state index contributed by atoms with van der Waals surface area (Å²) in [5.41, 5.74) is 0. The molecule has 0 heterocycles. The Balaban J connectivity index is 0. The molecule has 0 radical (unpaired) electrons. The maximum absolute atomic E-state index is 12.2. The third-order valence-electron chi connectivity index (χ3n) is 0.884. The fourth-order valence-corrected chi connectivity index (χ4v) is 0.375. The van der Waals surface area contributed by atoms with Crippen molar-refractivity contribution in [2.75, 3.05) is 0 Å². The molecule has 0 aromatic carbocycles. The smallest absolute Gasteiger partial charge is 0.544 e. The second kappa shape index (κ2) is 5.27. The molecule has 0 bridgehead atoms. The number of halogens is 7. The molecular weight excluding hydrogens is 268 g/mol. The number of hydrogen-bond donors (Lipinski definition) is 0. The van der Waals surface area contributed by atoms with Crippen LogP contribution >= 0.6 is 0 Å². The second-order valence-corrected chi connectivity index (χ2v) is 1.93. The first-order chi connectivity index (χ1) is 5.90. The van der Waals surface area contributed by atoms with Crippen LogP contribution in [0.25, 0.3) is 0 Å². The zero-order valence-corrected chi connectivity index (χ0v) is 9.99. The van der Waals surface area contributed by atoms with Crippen LogP contribution in [0.15, 0.2) is 0 Å². The first kappa shape index (κ1) is 18.0. The van der Waals surface area contributed by atoms with Crippen LogP contribution < -0.4 is 56.5 Å². The van der Waals surface area contributed by atoms with Crippen molar-refractivity contribution in [3.05, 3.63) is 0 Å². The molecule has 0 aliphatic carbocycles. The molecule has 84 valence electrons. The Hall–Kier alpha value is 0.576. The Bertz CT molecular complexity index is 235. The van der Waals surface area contributed by atoms with Gasteiger partial charge in [0.25, 0.3) is 0 Å². The van der Waals surface area contributed by atoms with Crippen molar-refractivity contribution in [1.82, 2.24) is 0 Å². The SMILES string of the molecule is O=C([O-])C(F)(OC(F)(F)F)C(F)(F)F.[K+]. The molecule has 0 aliphatic heterocycles. The molecular formula is C4F7KO3. The van der Waals surface area contributed by atoms with E-state index in [0.717, 1.165) is 0 Å². The molecule has 0 aliphatic rings. The molecule has 0 saturated carbocycles. The van der Waals surface area contributed by atoms with Gasteiger partial charge in [-0.15, -0.1) is 13.2 Å². The van der Waals surface area contributed by atoms with Gasteiger partial charge in [0.05, 0.1) is 0 Å². The minimum atomic E-state index is -6.39. The summed E-state index contributed by atoms with van der Waals surface area (Å²) in [7, 11) is 0. The van der Waals surface area contributed by atoms with Gasteiger partial charge in [-0.2, -0.15) is 17.6 Å². The van der Waals surface area contributed by atoms with Crippen LogP contribution in [0.3, 0.4) is 0 Å². The van der Waals surface area contributed by atoms with Crippen LogP contribution in [0.1, 0.15) is 0 Å². The van der Waals surface area contributed by atoms with Crippen LogP contribution in [0.5, 0.6) is 0 Å². The van der Waals surface area contributed by atoms with Crippen molar-refractivity contribution < 1.29 is 96.8 Å². The van der Waals surface area contributed by atoms with Crippen LogP contribution in [-0.2, 0) is 9.53 Å². The summed E-state index contributed by atoms with van der Waals surface area (Å²) in [6, 6.07) is 0. The van der Waals surface area contributed by atoms with Gasteiger partial charge in [-0.25, -0.2) is 4.74 Å². The van der Waals surface area contributed by atoms with E-state index >= 15 is 0 Å². The topological polar surface area (TPSA) is 49.4 Å². The van der Waals surface area contributed by atoms with Crippen molar-refractivity contribution in [3.63, 3.8) is 0 Å². The Kier molecular flexibility index (Phi) is 6.31. The third kappa shape index (κ3) is 4.95. The molecule has 0 amide bonds. The molecule has 0 N–H and O–H groups in total. The molecule has 0 aromatic heterocycles. The summed E-state index contributed by atoms with van der Waals surface area (Å²) in [5.74, 6) is -9.58. The minimum Gasteiger partial charge on any atom is -0.544 e. The van der Waals surface area contributed by atoms with Crippen LogP contribution in [0, 0.1) is 0 Å². The molecule has 3 nitrogen and oxygen atoms in total. The quantitative estimate of drug-likeness (QED) is 0.411. The summed E-state index contributed by atoms with van der Waals surface area (Å²) in [5, 5.41) is 9.51. The zero-order chi connectivity index (χ0) is 11.8. The average molecular weight is 268 g/mol. The van der Waals surface area contributed by atoms with E-state index in [-0.39, 0.29) is 51.4 Å². The molecule has 11 heteroatoms. The second-order valence-electron chi connectivity index (χ2n) is 1.93. The van der Waals surface area contributed by atoms with E-state index in [1.54, 1.807) is 4.74 Å². The van der Waals surface area contributed by atoms with E-state index in [4.69, 9.17) is 0 Å². The number of hydrogen-bond acceptors (Lipinski definition) is 3. The van der Waals surface area contributed by atoms with Gasteiger partial charge in [0, 0.05) is 0 Å². The molecule has 15 heavy (non-hydrogen) atoms. The maximum Gasteiger partial charge on any atom is 1.00 e. The van der Waals surface area contributed by atoms with E-state index in [0.29, 0.717) is 0 Å². The Morgan fingerprint density at radius 2 is 1.33 bits per heavy atom. The van der Waals surface area contributed by atoms with Gasteiger partial charge in [0.1, 0.15) is 5.97 Å². The number of rotatable bonds is 2. The number of aliphatic carboxylic acids is 1. The third-order valence-corrected chi connectivity index (χ3v) is 0.884. The summed E-state index contributed by atoms with van der Waals surface area (Å²) < 4.78 is 81.9. The Labute approximate surface area is 120 Å². The summed E-state index contributed by atoms with van der Waals surface area (Å²) in [6.45, 7) is 0. The first-order valence-corrected chi connectivity index (χ1v) is 2.64. The van der Waals surface area contributed by atoms with Crippen molar-refractivity contribution in [1.29, 1.82) is 0 Å². The molecule has 0 saturated heterocycles. The largest absolute Gasteiger partial charge is 1.00 e. The van der Waals surface area contributed by atoms with Gasteiger partial charge in [-0.1, -0.05) is 0 Å². The number of carboxylic acids is 1.